The third-order valence-corrected chi connectivity index (χ3v) is 3.79. The maximum absolute atomic E-state index is 6.23. The maximum atomic E-state index is 6.23. The molecule has 7 heteroatoms. The lowest BCUT2D eigenvalue weighted by Crippen LogP contribution is -2.15. The molecule has 2 aromatic rings. The van der Waals surface area contributed by atoms with Crippen molar-refractivity contribution in [2.75, 3.05) is 24.7 Å². The summed E-state index contributed by atoms with van der Waals surface area (Å²) in [4.78, 5) is 10.4. The van der Waals surface area contributed by atoms with Crippen LogP contribution in [0.5, 0.6) is 0 Å². The topological polar surface area (TPSA) is 55.0 Å². The lowest BCUT2D eigenvalue weighted by atomic mass is 10.0. The van der Waals surface area contributed by atoms with Crippen LogP contribution in [-0.4, -0.2) is 24.1 Å². The van der Waals surface area contributed by atoms with Crippen LogP contribution in [-0.2, 0) is 0 Å². The molecule has 0 saturated carbocycles. The maximum Gasteiger partial charge on any atom is 0.227 e. The predicted octanol–water partition coefficient (Wildman–Crippen LogP) is 4.06. The Balaban J connectivity index is 2.71. The van der Waals surface area contributed by atoms with Gasteiger partial charge in [-0.1, -0.05) is 34.8 Å². The van der Waals surface area contributed by atoms with Crippen molar-refractivity contribution in [2.45, 2.75) is 6.92 Å². The summed E-state index contributed by atoms with van der Waals surface area (Å²) in [5.41, 5.74) is 8.02. The van der Waals surface area contributed by atoms with Crippen molar-refractivity contribution >= 4 is 46.6 Å². The summed E-state index contributed by atoms with van der Waals surface area (Å²) in [6.45, 7) is 1.84. The van der Waals surface area contributed by atoms with Crippen LogP contribution in [0.1, 0.15) is 5.69 Å². The first-order valence-electron chi connectivity index (χ1n) is 5.77. The fraction of sp³-hybridized carbons (Fsp3) is 0.231. The monoisotopic (exact) mass is 330 g/mol. The van der Waals surface area contributed by atoms with E-state index in [1.54, 1.807) is 17.0 Å². The highest BCUT2D eigenvalue weighted by atomic mass is 35.5. The summed E-state index contributed by atoms with van der Waals surface area (Å²) < 4.78 is 0. The minimum absolute atomic E-state index is 0.335. The summed E-state index contributed by atoms with van der Waals surface area (Å²) in [6.07, 6.45) is 0. The number of hydrogen-bond donors (Lipinski definition) is 1. The van der Waals surface area contributed by atoms with Gasteiger partial charge in [0.1, 0.15) is 5.82 Å². The summed E-state index contributed by atoms with van der Waals surface area (Å²) in [7, 11) is 3.69. The molecule has 0 amide bonds. The van der Waals surface area contributed by atoms with Crippen LogP contribution in [0.4, 0.5) is 11.8 Å². The molecule has 0 aliphatic heterocycles. The molecule has 2 rings (SSSR count). The molecule has 0 unspecified atom stereocenters. The fourth-order valence-electron chi connectivity index (χ4n) is 1.85. The Kier molecular flexibility index (Phi) is 4.28. The molecule has 106 valence electrons. The Morgan fingerprint density at radius 2 is 1.75 bits per heavy atom. The Bertz CT molecular complexity index is 648. The highest BCUT2D eigenvalue weighted by molar-refractivity contribution is 6.45. The van der Waals surface area contributed by atoms with Crippen LogP contribution >= 0.6 is 34.8 Å². The number of rotatable bonds is 2. The Morgan fingerprint density at radius 3 is 2.30 bits per heavy atom. The number of benzene rings is 1. The second-order valence-electron chi connectivity index (χ2n) is 4.51. The molecule has 0 radical (unpaired) electrons. The second kappa shape index (κ2) is 5.64. The highest BCUT2D eigenvalue weighted by Gasteiger charge is 2.17. The van der Waals surface area contributed by atoms with E-state index in [0.717, 1.165) is 0 Å². The largest absolute Gasteiger partial charge is 0.383 e. The molecule has 20 heavy (non-hydrogen) atoms. The highest BCUT2D eigenvalue weighted by Crippen LogP contribution is 2.39. The molecule has 0 saturated heterocycles. The SMILES string of the molecule is Cc1nc(N(C)C)nc(N)c1-c1cc(Cl)cc(Cl)c1Cl. The van der Waals surface area contributed by atoms with Gasteiger partial charge in [0.25, 0.3) is 0 Å². The zero-order chi connectivity index (χ0) is 15.0. The molecule has 1 aromatic heterocycles. The number of nitrogens with zero attached hydrogens (tertiary/aromatic N) is 3. The van der Waals surface area contributed by atoms with Crippen molar-refractivity contribution in [2.24, 2.45) is 0 Å². The van der Waals surface area contributed by atoms with Crippen molar-refractivity contribution in [3.8, 4) is 11.1 Å². The van der Waals surface area contributed by atoms with Gasteiger partial charge in [-0.05, 0) is 19.1 Å². The zero-order valence-corrected chi connectivity index (χ0v) is 13.5. The minimum Gasteiger partial charge on any atom is -0.383 e. The van der Waals surface area contributed by atoms with Crippen LogP contribution in [0, 0.1) is 6.92 Å². The van der Waals surface area contributed by atoms with Crippen LogP contribution in [0.2, 0.25) is 15.1 Å². The summed E-state index contributed by atoms with van der Waals surface area (Å²) in [6, 6.07) is 3.28. The van der Waals surface area contributed by atoms with Crippen LogP contribution in [0.25, 0.3) is 11.1 Å². The number of aryl methyl sites for hydroxylation is 1. The fourth-order valence-corrected chi connectivity index (χ4v) is 2.55. The lowest BCUT2D eigenvalue weighted by molar-refractivity contribution is 0.984. The third-order valence-electron chi connectivity index (χ3n) is 2.77. The van der Waals surface area contributed by atoms with E-state index in [9.17, 15) is 0 Å². The minimum atomic E-state index is 0.335. The first kappa shape index (κ1) is 15.2. The van der Waals surface area contributed by atoms with E-state index in [-0.39, 0.29) is 0 Å². The van der Waals surface area contributed by atoms with Gasteiger partial charge < -0.3 is 10.6 Å². The number of halogens is 3. The smallest absolute Gasteiger partial charge is 0.227 e. The number of aromatic nitrogens is 2. The van der Waals surface area contributed by atoms with Gasteiger partial charge in [-0.3, -0.25) is 0 Å². The van der Waals surface area contributed by atoms with E-state index >= 15 is 0 Å². The molecular formula is C13H13Cl3N4. The molecule has 4 nitrogen and oxygen atoms in total. The Hall–Kier alpha value is -1.23. The molecule has 0 spiro atoms. The van der Waals surface area contributed by atoms with Gasteiger partial charge in [0.2, 0.25) is 5.95 Å². The van der Waals surface area contributed by atoms with E-state index < -0.39 is 0 Å². The quantitative estimate of drug-likeness (QED) is 0.843. The van der Waals surface area contributed by atoms with Crippen molar-refractivity contribution in [1.82, 2.24) is 9.97 Å². The Morgan fingerprint density at radius 1 is 1.10 bits per heavy atom. The van der Waals surface area contributed by atoms with Gasteiger partial charge in [0.05, 0.1) is 15.7 Å². The van der Waals surface area contributed by atoms with Crippen LogP contribution in [0.3, 0.4) is 0 Å². The average molecular weight is 332 g/mol. The first-order chi connectivity index (χ1) is 9.31. The molecule has 0 aliphatic carbocycles. The third kappa shape index (κ3) is 2.77. The van der Waals surface area contributed by atoms with E-state index in [0.29, 0.717) is 43.7 Å². The van der Waals surface area contributed by atoms with Crippen molar-refractivity contribution < 1.29 is 0 Å². The van der Waals surface area contributed by atoms with Crippen LogP contribution in [0.15, 0.2) is 12.1 Å². The average Bonchev–Trinajstić information content (AvgIpc) is 2.33. The molecule has 1 heterocycles. The predicted molar refractivity (Wildman–Crippen MR) is 86.0 cm³/mol. The summed E-state index contributed by atoms with van der Waals surface area (Å²) in [5, 5.41) is 1.22. The van der Waals surface area contributed by atoms with Gasteiger partial charge in [0, 0.05) is 30.2 Å². The van der Waals surface area contributed by atoms with Crippen molar-refractivity contribution in [3.63, 3.8) is 0 Å². The van der Waals surface area contributed by atoms with E-state index in [1.165, 1.54) is 0 Å². The van der Waals surface area contributed by atoms with Gasteiger partial charge in [-0.25, -0.2) is 4.98 Å². The summed E-state index contributed by atoms with van der Waals surface area (Å²) in [5.74, 6) is 0.870. The molecule has 0 fully saturated rings. The standard InChI is InChI=1S/C13H13Cl3N4/c1-6-10(12(17)19-13(18-6)20(2)3)8-4-7(14)5-9(15)11(8)16/h4-5H,1-3H3,(H2,17,18,19). The molecule has 0 bridgehead atoms. The Labute approximate surface area is 132 Å². The van der Waals surface area contributed by atoms with Gasteiger partial charge in [0.15, 0.2) is 0 Å². The van der Waals surface area contributed by atoms with Gasteiger partial charge in [-0.15, -0.1) is 0 Å². The van der Waals surface area contributed by atoms with Crippen molar-refractivity contribution in [3.05, 3.63) is 32.9 Å². The number of nitrogens with two attached hydrogens (primary N) is 1. The lowest BCUT2D eigenvalue weighted by Gasteiger charge is -2.16. The molecule has 0 atom stereocenters. The van der Waals surface area contributed by atoms with E-state index in [2.05, 4.69) is 9.97 Å². The number of anilines is 2. The molecule has 2 N–H and O–H groups in total. The van der Waals surface area contributed by atoms with Gasteiger partial charge >= 0.3 is 0 Å². The van der Waals surface area contributed by atoms with E-state index in [4.69, 9.17) is 40.5 Å². The van der Waals surface area contributed by atoms with Crippen molar-refractivity contribution in [1.29, 1.82) is 0 Å². The molecule has 1 aromatic carbocycles. The summed E-state index contributed by atoms with van der Waals surface area (Å²) >= 11 is 18.3. The number of nitrogen functional groups attached to an aromatic ring is 1. The first-order valence-corrected chi connectivity index (χ1v) is 6.91. The molecular weight excluding hydrogens is 319 g/mol. The zero-order valence-electron chi connectivity index (χ0n) is 11.2. The number of hydrogen-bond acceptors (Lipinski definition) is 4. The normalized spacial score (nSPS) is 10.7. The second-order valence-corrected chi connectivity index (χ2v) is 5.73. The van der Waals surface area contributed by atoms with E-state index in [1.807, 2.05) is 21.0 Å². The van der Waals surface area contributed by atoms with Crippen LogP contribution < -0.4 is 10.6 Å². The van der Waals surface area contributed by atoms with Gasteiger partial charge in [-0.2, -0.15) is 4.98 Å². The molecule has 0 aliphatic rings.